The summed E-state index contributed by atoms with van der Waals surface area (Å²) in [5.74, 6) is 0.415. The van der Waals surface area contributed by atoms with Crippen molar-refractivity contribution in [3.05, 3.63) is 16.3 Å². The van der Waals surface area contributed by atoms with Crippen LogP contribution >= 0.6 is 11.3 Å². The third kappa shape index (κ3) is 4.52. The Kier molecular flexibility index (Phi) is 6.22. The standard InChI is InChI=1S/C15H26N2O2S2/c1-3-16-11-14-15(9-10-20-14)21(18,19)17-13-8-6-4-5-7-12(13)2/h9-10,12-13,16-17H,3-8,11H2,1-2H3. The second kappa shape index (κ2) is 7.72. The van der Waals surface area contributed by atoms with E-state index in [1.165, 1.54) is 24.2 Å². The van der Waals surface area contributed by atoms with E-state index in [1.54, 1.807) is 6.07 Å². The summed E-state index contributed by atoms with van der Waals surface area (Å²) in [7, 11) is -3.41. The van der Waals surface area contributed by atoms with Crippen molar-refractivity contribution in [2.24, 2.45) is 5.92 Å². The van der Waals surface area contributed by atoms with Crippen LogP contribution in [0.4, 0.5) is 0 Å². The van der Waals surface area contributed by atoms with Crippen molar-refractivity contribution < 1.29 is 8.42 Å². The Bertz CT molecular complexity index is 540. The molecule has 1 fully saturated rings. The quantitative estimate of drug-likeness (QED) is 0.788. The van der Waals surface area contributed by atoms with Crippen molar-refractivity contribution in [1.82, 2.24) is 10.0 Å². The lowest BCUT2D eigenvalue weighted by atomic mass is 9.98. The summed E-state index contributed by atoms with van der Waals surface area (Å²) in [5, 5.41) is 5.06. The summed E-state index contributed by atoms with van der Waals surface area (Å²) in [6, 6.07) is 1.80. The van der Waals surface area contributed by atoms with E-state index in [1.807, 2.05) is 12.3 Å². The maximum Gasteiger partial charge on any atom is 0.241 e. The van der Waals surface area contributed by atoms with Gasteiger partial charge in [-0.1, -0.05) is 33.1 Å². The predicted octanol–water partition coefficient (Wildman–Crippen LogP) is 3.10. The number of rotatable bonds is 6. The van der Waals surface area contributed by atoms with E-state index in [-0.39, 0.29) is 6.04 Å². The first kappa shape index (κ1) is 16.9. The van der Waals surface area contributed by atoms with Crippen LogP contribution in [0.2, 0.25) is 0 Å². The average molecular weight is 331 g/mol. The zero-order valence-corrected chi connectivity index (χ0v) is 14.5. The molecule has 2 rings (SSSR count). The molecule has 1 aliphatic rings. The van der Waals surface area contributed by atoms with E-state index < -0.39 is 10.0 Å². The summed E-state index contributed by atoms with van der Waals surface area (Å²) in [6.45, 7) is 5.63. The summed E-state index contributed by atoms with van der Waals surface area (Å²) in [5.41, 5.74) is 0. The van der Waals surface area contributed by atoms with Crippen molar-refractivity contribution in [1.29, 1.82) is 0 Å². The molecule has 2 unspecified atom stereocenters. The van der Waals surface area contributed by atoms with Crippen molar-refractivity contribution in [2.45, 2.75) is 63.4 Å². The Hall–Kier alpha value is -0.430. The van der Waals surface area contributed by atoms with Crippen LogP contribution in [0.5, 0.6) is 0 Å². The Morgan fingerprint density at radius 3 is 2.81 bits per heavy atom. The van der Waals surface area contributed by atoms with Gasteiger partial charge in [0.15, 0.2) is 0 Å². The Morgan fingerprint density at radius 2 is 2.05 bits per heavy atom. The molecule has 0 aromatic carbocycles. The molecule has 4 nitrogen and oxygen atoms in total. The Balaban J connectivity index is 2.12. The molecule has 0 spiro atoms. The summed E-state index contributed by atoms with van der Waals surface area (Å²) >= 11 is 1.50. The highest BCUT2D eigenvalue weighted by Crippen LogP contribution is 2.27. The van der Waals surface area contributed by atoms with E-state index in [0.717, 1.165) is 30.7 Å². The molecule has 0 bridgehead atoms. The van der Waals surface area contributed by atoms with E-state index in [9.17, 15) is 8.42 Å². The molecule has 2 N–H and O–H groups in total. The van der Waals surface area contributed by atoms with Crippen LogP contribution in [0.25, 0.3) is 0 Å². The van der Waals surface area contributed by atoms with Gasteiger partial charge < -0.3 is 5.32 Å². The van der Waals surface area contributed by atoms with Crippen molar-refractivity contribution >= 4 is 21.4 Å². The van der Waals surface area contributed by atoms with E-state index >= 15 is 0 Å². The number of hydrogen-bond donors (Lipinski definition) is 2. The predicted molar refractivity (Wildman–Crippen MR) is 88.1 cm³/mol. The molecule has 1 aromatic rings. The minimum Gasteiger partial charge on any atom is -0.312 e. The molecule has 1 aromatic heterocycles. The van der Waals surface area contributed by atoms with Crippen LogP contribution in [0.3, 0.4) is 0 Å². The SMILES string of the molecule is CCNCc1sccc1S(=O)(=O)NC1CCCCCC1C. The third-order valence-electron chi connectivity index (χ3n) is 4.20. The van der Waals surface area contributed by atoms with Crippen LogP contribution < -0.4 is 10.0 Å². The zero-order chi connectivity index (χ0) is 15.3. The minimum atomic E-state index is -3.41. The smallest absolute Gasteiger partial charge is 0.241 e. The lowest BCUT2D eigenvalue weighted by molar-refractivity contribution is 0.399. The monoisotopic (exact) mass is 330 g/mol. The number of nitrogens with one attached hydrogen (secondary N) is 2. The highest BCUT2D eigenvalue weighted by Gasteiger charge is 2.27. The molecule has 1 heterocycles. The second-order valence-electron chi connectivity index (χ2n) is 5.83. The van der Waals surface area contributed by atoms with Gasteiger partial charge in [0.2, 0.25) is 10.0 Å². The summed E-state index contributed by atoms with van der Waals surface area (Å²) in [4.78, 5) is 1.34. The topological polar surface area (TPSA) is 58.2 Å². The molecular formula is C15H26N2O2S2. The number of sulfonamides is 1. The minimum absolute atomic E-state index is 0.0735. The van der Waals surface area contributed by atoms with E-state index in [4.69, 9.17) is 0 Å². The van der Waals surface area contributed by atoms with Crippen molar-refractivity contribution in [3.8, 4) is 0 Å². The van der Waals surface area contributed by atoms with Gasteiger partial charge in [-0.25, -0.2) is 13.1 Å². The molecule has 1 saturated carbocycles. The normalized spacial score (nSPS) is 23.9. The maximum atomic E-state index is 12.7. The van der Waals surface area contributed by atoms with Gasteiger partial charge in [-0.2, -0.15) is 0 Å². The molecule has 1 aliphatic carbocycles. The van der Waals surface area contributed by atoms with Gasteiger partial charge >= 0.3 is 0 Å². The molecule has 0 aliphatic heterocycles. The molecule has 0 radical (unpaired) electrons. The highest BCUT2D eigenvalue weighted by molar-refractivity contribution is 7.89. The van der Waals surface area contributed by atoms with Crippen LogP contribution in [0.1, 0.15) is 50.8 Å². The first-order valence-corrected chi connectivity index (χ1v) is 10.2. The molecular weight excluding hydrogens is 304 g/mol. The van der Waals surface area contributed by atoms with Crippen molar-refractivity contribution in [2.75, 3.05) is 6.54 Å². The largest absolute Gasteiger partial charge is 0.312 e. The van der Waals surface area contributed by atoms with Gasteiger partial charge in [0.1, 0.15) is 0 Å². The Morgan fingerprint density at radius 1 is 1.29 bits per heavy atom. The Labute approximate surface area is 132 Å². The number of hydrogen-bond acceptors (Lipinski definition) is 4. The summed E-state index contributed by atoms with van der Waals surface area (Å²) in [6.07, 6.45) is 5.61. The van der Waals surface area contributed by atoms with Gasteiger partial charge in [0, 0.05) is 17.5 Å². The average Bonchev–Trinajstić information content (AvgIpc) is 2.84. The third-order valence-corrected chi connectivity index (χ3v) is 6.82. The summed E-state index contributed by atoms with van der Waals surface area (Å²) < 4.78 is 28.3. The maximum absolute atomic E-state index is 12.7. The lowest BCUT2D eigenvalue weighted by Crippen LogP contribution is -2.39. The van der Waals surface area contributed by atoms with Gasteiger partial charge in [0.25, 0.3) is 0 Å². The molecule has 0 saturated heterocycles. The first-order chi connectivity index (χ1) is 10.0. The molecule has 0 amide bonds. The fourth-order valence-electron chi connectivity index (χ4n) is 2.87. The fourth-order valence-corrected chi connectivity index (χ4v) is 5.66. The van der Waals surface area contributed by atoms with Gasteiger partial charge in [0.05, 0.1) is 4.90 Å². The molecule has 6 heteroatoms. The molecule has 2 atom stereocenters. The van der Waals surface area contributed by atoms with E-state index in [2.05, 4.69) is 17.0 Å². The van der Waals surface area contributed by atoms with Gasteiger partial charge in [-0.15, -0.1) is 11.3 Å². The van der Waals surface area contributed by atoms with Crippen LogP contribution in [0, 0.1) is 5.92 Å². The second-order valence-corrected chi connectivity index (χ2v) is 8.51. The highest BCUT2D eigenvalue weighted by atomic mass is 32.2. The molecule has 120 valence electrons. The first-order valence-electron chi connectivity index (χ1n) is 7.84. The van der Waals surface area contributed by atoms with Crippen LogP contribution in [-0.2, 0) is 16.6 Å². The fraction of sp³-hybridized carbons (Fsp3) is 0.733. The number of thiophene rings is 1. The van der Waals surface area contributed by atoms with Gasteiger partial charge in [-0.05, 0) is 36.8 Å². The van der Waals surface area contributed by atoms with E-state index in [0.29, 0.717) is 17.4 Å². The molecule has 21 heavy (non-hydrogen) atoms. The van der Waals surface area contributed by atoms with Crippen LogP contribution in [-0.4, -0.2) is 21.0 Å². The lowest BCUT2D eigenvalue weighted by Gasteiger charge is -2.22. The van der Waals surface area contributed by atoms with Crippen molar-refractivity contribution in [3.63, 3.8) is 0 Å². The van der Waals surface area contributed by atoms with Crippen LogP contribution in [0.15, 0.2) is 16.3 Å². The van der Waals surface area contributed by atoms with Gasteiger partial charge in [-0.3, -0.25) is 0 Å². The zero-order valence-electron chi connectivity index (χ0n) is 12.9.